The van der Waals surface area contributed by atoms with Crippen molar-refractivity contribution in [2.75, 3.05) is 27.8 Å². The van der Waals surface area contributed by atoms with Crippen LogP contribution in [-0.2, 0) is 9.59 Å². The molecular formula is C19H17N5O2S2. The Morgan fingerprint density at radius 1 is 1.25 bits per heavy atom. The number of thioether (sulfide) groups is 1. The molecule has 0 unspecified atom stereocenters. The van der Waals surface area contributed by atoms with Crippen molar-refractivity contribution >= 4 is 57.1 Å². The highest BCUT2D eigenvalue weighted by atomic mass is 32.2. The summed E-state index contributed by atoms with van der Waals surface area (Å²) >= 11 is 2.70. The Bertz CT molecular complexity index is 1040. The maximum absolute atomic E-state index is 12.7. The predicted molar refractivity (Wildman–Crippen MR) is 113 cm³/mol. The van der Waals surface area contributed by atoms with Gasteiger partial charge in [-0.15, -0.1) is 10.2 Å². The number of hydrogen-bond donors (Lipinski definition) is 2. The van der Waals surface area contributed by atoms with Gasteiger partial charge in [-0.05, 0) is 36.8 Å². The minimum atomic E-state index is -0.197. The minimum absolute atomic E-state index is 0.0205. The second-order valence-electron chi connectivity index (χ2n) is 6.20. The topological polar surface area (TPSA) is 87.2 Å². The fraction of sp³-hybridized carbons (Fsp3) is 0.158. The van der Waals surface area contributed by atoms with Gasteiger partial charge in [-0.3, -0.25) is 9.59 Å². The number of hydrogen-bond acceptors (Lipinski definition) is 7. The fourth-order valence-electron chi connectivity index (χ4n) is 2.82. The molecule has 0 atom stereocenters. The van der Waals surface area contributed by atoms with Crippen LogP contribution in [0.25, 0.3) is 0 Å². The van der Waals surface area contributed by atoms with Gasteiger partial charge in [0.2, 0.25) is 16.9 Å². The number of para-hydroxylation sites is 2. The van der Waals surface area contributed by atoms with Gasteiger partial charge in [0.05, 0.1) is 17.1 Å². The minimum Gasteiger partial charge on any atom is -0.330 e. The summed E-state index contributed by atoms with van der Waals surface area (Å²) in [6.45, 7) is 2.05. The van der Waals surface area contributed by atoms with E-state index in [1.54, 1.807) is 6.07 Å². The molecule has 7 nitrogen and oxygen atoms in total. The number of fused-ring (bicyclic) bond motifs is 1. The number of nitrogens with zero attached hydrogens (tertiary/aromatic N) is 3. The van der Waals surface area contributed by atoms with E-state index in [0.717, 1.165) is 11.3 Å². The second kappa shape index (κ2) is 7.99. The lowest BCUT2D eigenvalue weighted by atomic mass is 10.2. The molecule has 0 spiro atoms. The number of benzene rings is 2. The first-order chi connectivity index (χ1) is 13.6. The van der Waals surface area contributed by atoms with E-state index in [-0.39, 0.29) is 24.1 Å². The average molecular weight is 412 g/mol. The van der Waals surface area contributed by atoms with Crippen LogP contribution in [0.3, 0.4) is 0 Å². The quantitative estimate of drug-likeness (QED) is 0.623. The smallest absolute Gasteiger partial charge is 0.244 e. The van der Waals surface area contributed by atoms with Crippen LogP contribution in [-0.4, -0.2) is 34.3 Å². The molecule has 0 radical (unpaired) electrons. The van der Waals surface area contributed by atoms with E-state index in [9.17, 15) is 9.59 Å². The number of aromatic nitrogens is 2. The van der Waals surface area contributed by atoms with Crippen LogP contribution in [0.4, 0.5) is 22.2 Å². The van der Waals surface area contributed by atoms with Gasteiger partial charge >= 0.3 is 0 Å². The Morgan fingerprint density at radius 3 is 2.96 bits per heavy atom. The Hall–Kier alpha value is -2.91. The highest BCUT2D eigenvalue weighted by molar-refractivity contribution is 8.01. The summed E-state index contributed by atoms with van der Waals surface area (Å²) in [5, 5.41) is 14.9. The number of nitrogens with one attached hydrogen (secondary N) is 2. The van der Waals surface area contributed by atoms with Crippen molar-refractivity contribution in [2.45, 2.75) is 11.3 Å². The number of carbonyl (C=O) groups excluding carboxylic acids is 2. The summed E-state index contributed by atoms with van der Waals surface area (Å²) < 4.78 is 0.693. The Kier molecular flexibility index (Phi) is 5.27. The summed E-state index contributed by atoms with van der Waals surface area (Å²) in [4.78, 5) is 26.1. The van der Waals surface area contributed by atoms with Crippen molar-refractivity contribution in [1.29, 1.82) is 0 Å². The van der Waals surface area contributed by atoms with Crippen LogP contribution in [0.1, 0.15) is 5.56 Å². The highest BCUT2D eigenvalue weighted by Gasteiger charge is 2.26. The third-order valence-corrected chi connectivity index (χ3v) is 6.02. The van der Waals surface area contributed by atoms with Gasteiger partial charge in [-0.2, -0.15) is 0 Å². The number of amides is 2. The van der Waals surface area contributed by atoms with Crippen LogP contribution in [0.15, 0.2) is 52.9 Å². The molecule has 0 bridgehead atoms. The van der Waals surface area contributed by atoms with Crippen LogP contribution >= 0.6 is 23.1 Å². The molecule has 4 rings (SSSR count). The predicted octanol–water partition coefficient (Wildman–Crippen LogP) is 3.67. The number of aryl methyl sites for hydroxylation is 1. The van der Waals surface area contributed by atoms with Crippen molar-refractivity contribution in [2.24, 2.45) is 0 Å². The lowest BCUT2D eigenvalue weighted by Crippen LogP contribution is -2.43. The largest absolute Gasteiger partial charge is 0.330 e. The molecule has 2 heterocycles. The van der Waals surface area contributed by atoms with E-state index in [2.05, 4.69) is 20.8 Å². The SMILES string of the molecule is Cc1cccc(Nc2nnc(SCC(=O)N3CC(=O)Nc4ccccc43)s2)c1. The maximum atomic E-state index is 12.7. The zero-order valence-corrected chi connectivity index (χ0v) is 16.6. The van der Waals surface area contributed by atoms with Crippen molar-refractivity contribution < 1.29 is 9.59 Å². The first-order valence-electron chi connectivity index (χ1n) is 8.58. The molecule has 2 aromatic carbocycles. The molecule has 0 saturated carbocycles. The molecule has 0 fully saturated rings. The molecule has 28 heavy (non-hydrogen) atoms. The van der Waals surface area contributed by atoms with Gasteiger partial charge in [-0.1, -0.05) is 47.4 Å². The lowest BCUT2D eigenvalue weighted by molar-refractivity contribution is -0.120. The Balaban J connectivity index is 1.39. The maximum Gasteiger partial charge on any atom is 0.244 e. The monoisotopic (exact) mass is 411 g/mol. The van der Waals surface area contributed by atoms with Crippen molar-refractivity contribution in [3.8, 4) is 0 Å². The second-order valence-corrected chi connectivity index (χ2v) is 8.40. The Morgan fingerprint density at radius 2 is 2.11 bits per heavy atom. The number of carbonyl (C=O) groups is 2. The molecule has 2 amide bonds. The third-order valence-electron chi connectivity index (χ3n) is 4.07. The molecular weight excluding hydrogens is 394 g/mol. The van der Waals surface area contributed by atoms with Gasteiger partial charge in [0.1, 0.15) is 6.54 Å². The zero-order valence-electron chi connectivity index (χ0n) is 15.0. The van der Waals surface area contributed by atoms with E-state index in [0.29, 0.717) is 20.8 Å². The summed E-state index contributed by atoms with van der Waals surface area (Å²) in [7, 11) is 0. The van der Waals surface area contributed by atoms with E-state index in [1.807, 2.05) is 49.4 Å². The molecule has 142 valence electrons. The summed E-state index contributed by atoms with van der Waals surface area (Å²) in [5.74, 6) is -0.158. The normalized spacial score (nSPS) is 13.0. The van der Waals surface area contributed by atoms with Gasteiger partial charge in [0.15, 0.2) is 4.34 Å². The van der Waals surface area contributed by atoms with Crippen LogP contribution in [0, 0.1) is 6.92 Å². The molecule has 0 saturated heterocycles. The van der Waals surface area contributed by atoms with Gasteiger partial charge in [-0.25, -0.2) is 0 Å². The van der Waals surface area contributed by atoms with Gasteiger partial charge < -0.3 is 15.5 Å². The molecule has 2 N–H and O–H groups in total. The summed E-state index contributed by atoms with van der Waals surface area (Å²) in [6.07, 6.45) is 0. The Labute approximate surface area is 170 Å². The first kappa shape index (κ1) is 18.5. The molecule has 0 aliphatic carbocycles. The molecule has 1 aromatic heterocycles. The van der Waals surface area contributed by atoms with E-state index >= 15 is 0 Å². The van der Waals surface area contributed by atoms with Crippen LogP contribution in [0.2, 0.25) is 0 Å². The van der Waals surface area contributed by atoms with E-state index < -0.39 is 0 Å². The fourth-order valence-corrected chi connectivity index (χ4v) is 4.47. The van der Waals surface area contributed by atoms with Crippen molar-refractivity contribution in [1.82, 2.24) is 10.2 Å². The van der Waals surface area contributed by atoms with Crippen molar-refractivity contribution in [3.05, 3.63) is 54.1 Å². The number of rotatable bonds is 5. The molecule has 1 aliphatic heterocycles. The molecule has 1 aliphatic rings. The highest BCUT2D eigenvalue weighted by Crippen LogP contribution is 2.31. The lowest BCUT2D eigenvalue weighted by Gasteiger charge is -2.28. The number of anilines is 4. The summed E-state index contributed by atoms with van der Waals surface area (Å²) in [6, 6.07) is 15.3. The standard InChI is InChI=1S/C19H17N5O2S2/c1-12-5-4-6-13(9-12)20-18-22-23-19(28-18)27-11-17(26)24-10-16(25)21-14-7-2-3-8-15(14)24/h2-9H,10-11H2,1H3,(H,20,22)(H,21,25). The first-order valence-corrected chi connectivity index (χ1v) is 10.4. The van der Waals surface area contributed by atoms with E-state index in [1.165, 1.54) is 28.0 Å². The molecule has 3 aromatic rings. The summed E-state index contributed by atoms with van der Waals surface area (Å²) in [5.41, 5.74) is 3.46. The average Bonchev–Trinajstić information content (AvgIpc) is 3.12. The van der Waals surface area contributed by atoms with E-state index in [4.69, 9.17) is 0 Å². The van der Waals surface area contributed by atoms with Crippen LogP contribution in [0.5, 0.6) is 0 Å². The van der Waals surface area contributed by atoms with Gasteiger partial charge in [0, 0.05) is 5.69 Å². The molecule has 9 heteroatoms. The van der Waals surface area contributed by atoms with Crippen LogP contribution < -0.4 is 15.5 Å². The van der Waals surface area contributed by atoms with Gasteiger partial charge in [0.25, 0.3) is 0 Å². The van der Waals surface area contributed by atoms with Crippen molar-refractivity contribution in [3.63, 3.8) is 0 Å². The third kappa shape index (κ3) is 4.15. The zero-order chi connectivity index (χ0) is 19.5.